The Kier molecular flexibility index (Phi) is 2.36. The predicted molar refractivity (Wildman–Crippen MR) is 72.9 cm³/mol. The standard InChI is InChI=1S/C15H24N2O/c1-9(2)11-7-6-10-8-15(11,3)13-12(10)14(18)17(5)16(13)4/h9-11H,6-8H2,1-5H3/t10?,11?,15-/m1/s1. The molecule has 2 aliphatic carbocycles. The average molecular weight is 248 g/mol. The molecule has 0 amide bonds. The second-order valence-corrected chi connectivity index (χ2v) is 6.86. The molecule has 1 heterocycles. The molecular weight excluding hydrogens is 224 g/mol. The minimum atomic E-state index is 0.210. The van der Waals surface area contributed by atoms with E-state index in [1.165, 1.54) is 25.0 Å². The van der Waals surface area contributed by atoms with Crippen LogP contribution in [0, 0.1) is 11.8 Å². The van der Waals surface area contributed by atoms with Gasteiger partial charge in [0, 0.05) is 30.8 Å². The summed E-state index contributed by atoms with van der Waals surface area (Å²) in [7, 11) is 3.94. The number of aromatic nitrogens is 2. The summed E-state index contributed by atoms with van der Waals surface area (Å²) >= 11 is 0. The topological polar surface area (TPSA) is 26.9 Å². The van der Waals surface area contributed by atoms with Gasteiger partial charge < -0.3 is 0 Å². The largest absolute Gasteiger partial charge is 0.289 e. The van der Waals surface area contributed by atoms with Crippen molar-refractivity contribution in [1.29, 1.82) is 0 Å². The van der Waals surface area contributed by atoms with Crippen LogP contribution in [0.15, 0.2) is 4.79 Å². The van der Waals surface area contributed by atoms with Gasteiger partial charge >= 0.3 is 0 Å². The van der Waals surface area contributed by atoms with Crippen LogP contribution in [0.4, 0.5) is 0 Å². The lowest BCUT2D eigenvalue weighted by Crippen LogP contribution is -2.38. The van der Waals surface area contributed by atoms with Gasteiger partial charge in [0.1, 0.15) is 0 Å². The minimum Gasteiger partial charge on any atom is -0.289 e. The summed E-state index contributed by atoms with van der Waals surface area (Å²) < 4.78 is 3.90. The Bertz CT molecular complexity index is 552. The normalized spacial score (nSPS) is 34.1. The van der Waals surface area contributed by atoms with Crippen LogP contribution in [-0.4, -0.2) is 9.36 Å². The summed E-state index contributed by atoms with van der Waals surface area (Å²) in [5.41, 5.74) is 2.91. The van der Waals surface area contributed by atoms with E-state index >= 15 is 0 Å². The molecule has 0 spiro atoms. The molecular formula is C15H24N2O. The maximum Gasteiger partial charge on any atom is 0.270 e. The van der Waals surface area contributed by atoms with E-state index in [0.29, 0.717) is 17.8 Å². The Morgan fingerprint density at radius 1 is 1.22 bits per heavy atom. The fourth-order valence-corrected chi connectivity index (χ4v) is 4.83. The second-order valence-electron chi connectivity index (χ2n) is 6.86. The Hall–Kier alpha value is -0.990. The van der Waals surface area contributed by atoms with Crippen molar-refractivity contribution in [2.45, 2.75) is 51.4 Å². The number of hydrogen-bond acceptors (Lipinski definition) is 1. The van der Waals surface area contributed by atoms with Gasteiger partial charge in [-0.1, -0.05) is 20.8 Å². The molecule has 0 aliphatic heterocycles. The Balaban J connectivity index is 2.25. The lowest BCUT2D eigenvalue weighted by molar-refractivity contribution is 0.148. The van der Waals surface area contributed by atoms with E-state index in [1.54, 1.807) is 4.68 Å². The summed E-state index contributed by atoms with van der Waals surface area (Å²) in [5, 5.41) is 0. The number of nitrogens with zero attached hydrogens (tertiary/aromatic N) is 2. The summed E-state index contributed by atoms with van der Waals surface area (Å²) in [4.78, 5) is 12.4. The van der Waals surface area contributed by atoms with Gasteiger partial charge in [0.2, 0.25) is 0 Å². The van der Waals surface area contributed by atoms with Crippen molar-refractivity contribution in [3.63, 3.8) is 0 Å². The molecule has 1 saturated carbocycles. The fraction of sp³-hybridized carbons (Fsp3) is 0.800. The molecule has 18 heavy (non-hydrogen) atoms. The van der Waals surface area contributed by atoms with E-state index in [4.69, 9.17) is 0 Å². The van der Waals surface area contributed by atoms with Crippen molar-refractivity contribution < 1.29 is 0 Å². The van der Waals surface area contributed by atoms with E-state index < -0.39 is 0 Å². The first-order valence-electron chi connectivity index (χ1n) is 7.14. The molecule has 3 nitrogen and oxygen atoms in total. The van der Waals surface area contributed by atoms with Gasteiger partial charge in [0.25, 0.3) is 5.56 Å². The maximum atomic E-state index is 12.4. The van der Waals surface area contributed by atoms with Crippen LogP contribution < -0.4 is 5.56 Å². The summed E-state index contributed by atoms with van der Waals surface area (Å²) in [6.45, 7) is 7.04. The summed E-state index contributed by atoms with van der Waals surface area (Å²) in [6.07, 6.45) is 3.66. The van der Waals surface area contributed by atoms with Crippen molar-refractivity contribution >= 4 is 0 Å². The van der Waals surface area contributed by atoms with Crippen LogP contribution >= 0.6 is 0 Å². The molecule has 1 aromatic rings. The van der Waals surface area contributed by atoms with Gasteiger partial charge in [0.05, 0.1) is 0 Å². The zero-order chi connectivity index (χ0) is 13.2. The second kappa shape index (κ2) is 3.52. The van der Waals surface area contributed by atoms with Crippen molar-refractivity contribution in [2.75, 3.05) is 0 Å². The molecule has 0 aromatic carbocycles. The van der Waals surface area contributed by atoms with Gasteiger partial charge in [-0.2, -0.15) is 0 Å². The van der Waals surface area contributed by atoms with Gasteiger partial charge in [-0.15, -0.1) is 0 Å². The van der Waals surface area contributed by atoms with Crippen molar-refractivity contribution in [2.24, 2.45) is 25.9 Å². The predicted octanol–water partition coefficient (Wildman–Crippen LogP) is 2.53. The SMILES string of the molecule is CC(C)C1CCC2C[C@@]1(C)c1c2c(=O)n(C)n1C. The Labute approximate surface area is 109 Å². The zero-order valence-corrected chi connectivity index (χ0v) is 12.2. The van der Waals surface area contributed by atoms with Crippen LogP contribution in [0.2, 0.25) is 0 Å². The number of hydrogen-bond donors (Lipinski definition) is 0. The zero-order valence-electron chi connectivity index (χ0n) is 12.2. The van der Waals surface area contributed by atoms with E-state index in [1.807, 2.05) is 14.1 Å². The fourth-order valence-electron chi connectivity index (χ4n) is 4.83. The molecule has 3 heteroatoms. The molecule has 1 fully saturated rings. The molecule has 3 atom stereocenters. The highest BCUT2D eigenvalue weighted by Gasteiger charge is 2.53. The molecule has 2 aliphatic rings. The first kappa shape index (κ1) is 12.1. The highest BCUT2D eigenvalue weighted by Crippen LogP contribution is 2.57. The van der Waals surface area contributed by atoms with Crippen LogP contribution in [0.3, 0.4) is 0 Å². The van der Waals surface area contributed by atoms with Crippen molar-refractivity contribution in [1.82, 2.24) is 9.36 Å². The van der Waals surface area contributed by atoms with Crippen LogP contribution in [0.25, 0.3) is 0 Å². The summed E-state index contributed by atoms with van der Waals surface area (Å²) in [5.74, 6) is 1.92. The number of rotatable bonds is 1. The van der Waals surface area contributed by atoms with Crippen molar-refractivity contribution in [3.8, 4) is 0 Å². The van der Waals surface area contributed by atoms with E-state index in [0.717, 1.165) is 5.56 Å². The Morgan fingerprint density at radius 2 is 1.89 bits per heavy atom. The third-order valence-corrected chi connectivity index (χ3v) is 5.62. The lowest BCUT2D eigenvalue weighted by atomic mass is 9.64. The molecule has 1 aromatic heterocycles. The van der Waals surface area contributed by atoms with Crippen LogP contribution in [0.1, 0.15) is 57.2 Å². The highest BCUT2D eigenvalue weighted by atomic mass is 16.1. The summed E-state index contributed by atoms with van der Waals surface area (Å²) in [6, 6.07) is 0. The molecule has 0 saturated heterocycles. The average Bonchev–Trinajstić information content (AvgIpc) is 2.66. The maximum absolute atomic E-state index is 12.4. The smallest absolute Gasteiger partial charge is 0.270 e. The van der Waals surface area contributed by atoms with Gasteiger partial charge in [0.15, 0.2) is 0 Å². The molecule has 2 bridgehead atoms. The molecule has 0 N–H and O–H groups in total. The molecule has 3 rings (SSSR count). The number of fused-ring (bicyclic) bond motifs is 5. The van der Waals surface area contributed by atoms with Crippen molar-refractivity contribution in [3.05, 3.63) is 21.6 Å². The van der Waals surface area contributed by atoms with Gasteiger partial charge in [-0.25, -0.2) is 0 Å². The third kappa shape index (κ3) is 1.23. The quantitative estimate of drug-likeness (QED) is 0.750. The van der Waals surface area contributed by atoms with Gasteiger partial charge in [-0.05, 0) is 37.0 Å². The first-order chi connectivity index (χ1) is 8.38. The van der Waals surface area contributed by atoms with Crippen LogP contribution in [0.5, 0.6) is 0 Å². The molecule has 0 radical (unpaired) electrons. The molecule has 2 unspecified atom stereocenters. The van der Waals surface area contributed by atoms with E-state index in [2.05, 4.69) is 25.5 Å². The van der Waals surface area contributed by atoms with E-state index in [-0.39, 0.29) is 11.0 Å². The monoisotopic (exact) mass is 248 g/mol. The Morgan fingerprint density at radius 3 is 2.50 bits per heavy atom. The first-order valence-corrected chi connectivity index (χ1v) is 7.14. The minimum absolute atomic E-state index is 0.210. The van der Waals surface area contributed by atoms with Gasteiger partial charge in [-0.3, -0.25) is 14.2 Å². The lowest BCUT2D eigenvalue weighted by Gasteiger charge is -2.41. The van der Waals surface area contributed by atoms with Crippen LogP contribution in [-0.2, 0) is 19.5 Å². The molecule has 100 valence electrons. The highest BCUT2D eigenvalue weighted by molar-refractivity contribution is 5.39. The van der Waals surface area contributed by atoms with E-state index in [9.17, 15) is 4.79 Å². The third-order valence-electron chi connectivity index (χ3n) is 5.62.